The van der Waals surface area contributed by atoms with Crippen molar-refractivity contribution < 1.29 is 0 Å². The second-order valence-electron chi connectivity index (χ2n) is 4.41. The quantitative estimate of drug-likeness (QED) is 0.684. The highest BCUT2D eigenvalue weighted by Crippen LogP contribution is 2.11. The first-order valence-corrected chi connectivity index (χ1v) is 5.07. The Morgan fingerprint density at radius 2 is 1.67 bits per heavy atom. The molecule has 1 aliphatic rings. The highest BCUT2D eigenvalue weighted by molar-refractivity contribution is 4.80. The lowest BCUT2D eigenvalue weighted by Gasteiger charge is -2.37. The van der Waals surface area contributed by atoms with Crippen molar-refractivity contribution in [3.05, 3.63) is 0 Å². The molecule has 0 aromatic carbocycles. The van der Waals surface area contributed by atoms with Gasteiger partial charge in [-0.15, -0.1) is 0 Å². The predicted molar refractivity (Wildman–Crippen MR) is 53.3 cm³/mol. The van der Waals surface area contributed by atoms with Crippen LogP contribution in [-0.4, -0.2) is 36.6 Å². The summed E-state index contributed by atoms with van der Waals surface area (Å²) in [4.78, 5) is 2.57. The molecule has 1 N–H and O–H groups in total. The first kappa shape index (κ1) is 10.0. The van der Waals surface area contributed by atoms with Gasteiger partial charge in [0, 0.05) is 31.7 Å². The highest BCUT2D eigenvalue weighted by atomic mass is 15.2. The molecule has 0 atom stereocenters. The maximum Gasteiger partial charge on any atom is 0.00414 e. The molecule has 72 valence electrons. The molecule has 0 amide bonds. The fourth-order valence-electron chi connectivity index (χ4n) is 1.79. The predicted octanol–water partition coefficient (Wildman–Crippen LogP) is 1.32. The zero-order chi connectivity index (χ0) is 9.14. The van der Waals surface area contributed by atoms with E-state index in [9.17, 15) is 0 Å². The van der Waals surface area contributed by atoms with Crippen LogP contribution in [0.2, 0.25) is 0 Å². The van der Waals surface area contributed by atoms with Gasteiger partial charge in [0.05, 0.1) is 0 Å². The van der Waals surface area contributed by atoms with Gasteiger partial charge >= 0.3 is 0 Å². The lowest BCUT2D eigenvalue weighted by atomic mass is 10.0. The third-order valence-corrected chi connectivity index (χ3v) is 2.66. The molecule has 0 bridgehead atoms. The monoisotopic (exact) mass is 170 g/mol. The molecule has 1 fully saturated rings. The van der Waals surface area contributed by atoms with Crippen molar-refractivity contribution in [3.63, 3.8) is 0 Å². The van der Waals surface area contributed by atoms with Gasteiger partial charge in [-0.1, -0.05) is 0 Å². The summed E-state index contributed by atoms with van der Waals surface area (Å²) in [6.07, 6.45) is 0. The average molecular weight is 170 g/mol. The molecule has 1 rings (SSSR count). The summed E-state index contributed by atoms with van der Waals surface area (Å²) in [7, 11) is 0. The van der Waals surface area contributed by atoms with Crippen molar-refractivity contribution in [3.8, 4) is 0 Å². The van der Waals surface area contributed by atoms with E-state index in [1.807, 2.05) is 0 Å². The maximum absolute atomic E-state index is 3.32. The van der Waals surface area contributed by atoms with Gasteiger partial charge in [-0.3, -0.25) is 4.90 Å². The fourth-order valence-corrected chi connectivity index (χ4v) is 1.79. The van der Waals surface area contributed by atoms with Crippen LogP contribution in [0, 0.1) is 5.92 Å². The fraction of sp³-hybridized carbons (Fsp3) is 1.00. The number of nitrogens with zero attached hydrogens (tertiary/aromatic N) is 1. The number of nitrogens with one attached hydrogen (secondary N) is 1. The van der Waals surface area contributed by atoms with Gasteiger partial charge in [0.25, 0.3) is 0 Å². The molecule has 12 heavy (non-hydrogen) atoms. The van der Waals surface area contributed by atoms with Crippen molar-refractivity contribution in [2.75, 3.05) is 19.6 Å². The van der Waals surface area contributed by atoms with E-state index >= 15 is 0 Å². The van der Waals surface area contributed by atoms with E-state index in [1.54, 1.807) is 0 Å². The van der Waals surface area contributed by atoms with E-state index in [-0.39, 0.29) is 0 Å². The second-order valence-corrected chi connectivity index (χ2v) is 4.41. The van der Waals surface area contributed by atoms with Crippen LogP contribution in [0.3, 0.4) is 0 Å². The van der Waals surface area contributed by atoms with E-state index < -0.39 is 0 Å². The summed E-state index contributed by atoms with van der Waals surface area (Å²) in [6.45, 7) is 12.8. The van der Waals surface area contributed by atoms with Crippen molar-refractivity contribution in [2.24, 2.45) is 5.92 Å². The van der Waals surface area contributed by atoms with Gasteiger partial charge < -0.3 is 5.32 Å². The molecule has 1 aliphatic heterocycles. The number of hydrogen-bond acceptors (Lipinski definition) is 2. The van der Waals surface area contributed by atoms with Gasteiger partial charge in [0.15, 0.2) is 0 Å². The minimum Gasteiger partial charge on any atom is -0.316 e. The first-order chi connectivity index (χ1) is 5.61. The number of rotatable bonds is 4. The smallest absolute Gasteiger partial charge is 0.00414 e. The molecule has 0 aliphatic carbocycles. The SMILES string of the molecule is CC(C)N(CC1CNC1)C(C)C. The van der Waals surface area contributed by atoms with Gasteiger partial charge in [-0.05, 0) is 33.6 Å². The third kappa shape index (κ3) is 2.46. The third-order valence-electron chi connectivity index (χ3n) is 2.66. The zero-order valence-electron chi connectivity index (χ0n) is 8.80. The van der Waals surface area contributed by atoms with E-state index in [1.165, 1.54) is 19.6 Å². The average Bonchev–Trinajstić information content (AvgIpc) is 1.82. The van der Waals surface area contributed by atoms with E-state index in [2.05, 4.69) is 37.9 Å². The van der Waals surface area contributed by atoms with Gasteiger partial charge in [-0.2, -0.15) is 0 Å². The van der Waals surface area contributed by atoms with Gasteiger partial charge in [-0.25, -0.2) is 0 Å². The van der Waals surface area contributed by atoms with Crippen LogP contribution in [0.5, 0.6) is 0 Å². The molecular weight excluding hydrogens is 148 g/mol. The number of hydrogen-bond donors (Lipinski definition) is 1. The Balaban J connectivity index is 2.31. The van der Waals surface area contributed by atoms with Crippen molar-refractivity contribution in [1.29, 1.82) is 0 Å². The molecule has 2 heteroatoms. The Labute approximate surface area is 76.3 Å². The van der Waals surface area contributed by atoms with Crippen LogP contribution in [-0.2, 0) is 0 Å². The summed E-state index contributed by atoms with van der Waals surface area (Å²) in [6, 6.07) is 1.37. The molecule has 0 aromatic rings. The Morgan fingerprint density at radius 3 is 1.92 bits per heavy atom. The van der Waals surface area contributed by atoms with Crippen LogP contribution in [0.4, 0.5) is 0 Å². The Morgan fingerprint density at radius 1 is 1.17 bits per heavy atom. The summed E-state index contributed by atoms with van der Waals surface area (Å²) in [5, 5.41) is 3.32. The molecule has 2 nitrogen and oxygen atoms in total. The Bertz CT molecular complexity index is 120. The molecule has 0 saturated carbocycles. The summed E-state index contributed by atoms with van der Waals surface area (Å²) in [5.74, 6) is 0.898. The van der Waals surface area contributed by atoms with Crippen LogP contribution < -0.4 is 5.32 Å². The molecule has 0 spiro atoms. The summed E-state index contributed by atoms with van der Waals surface area (Å²) in [5.41, 5.74) is 0. The van der Waals surface area contributed by atoms with Crippen LogP contribution in [0.1, 0.15) is 27.7 Å². The Hall–Kier alpha value is -0.0800. The lowest BCUT2D eigenvalue weighted by Crippen LogP contribution is -2.51. The van der Waals surface area contributed by atoms with Crippen molar-refractivity contribution >= 4 is 0 Å². The van der Waals surface area contributed by atoms with E-state index in [4.69, 9.17) is 0 Å². The zero-order valence-corrected chi connectivity index (χ0v) is 8.80. The minimum atomic E-state index is 0.686. The molecule has 0 unspecified atom stereocenters. The normalized spacial score (nSPS) is 19.2. The molecule has 1 saturated heterocycles. The molecule has 0 aromatic heterocycles. The molecular formula is C10H22N2. The molecule has 0 radical (unpaired) electrons. The van der Waals surface area contributed by atoms with Gasteiger partial charge in [0.1, 0.15) is 0 Å². The largest absolute Gasteiger partial charge is 0.316 e. The Kier molecular flexibility index (Phi) is 3.53. The van der Waals surface area contributed by atoms with Crippen LogP contribution in [0.25, 0.3) is 0 Å². The summed E-state index contributed by atoms with van der Waals surface area (Å²) >= 11 is 0. The van der Waals surface area contributed by atoms with E-state index in [0.717, 1.165) is 5.92 Å². The van der Waals surface area contributed by atoms with Crippen LogP contribution >= 0.6 is 0 Å². The topological polar surface area (TPSA) is 15.3 Å². The van der Waals surface area contributed by atoms with E-state index in [0.29, 0.717) is 12.1 Å². The van der Waals surface area contributed by atoms with Crippen LogP contribution in [0.15, 0.2) is 0 Å². The lowest BCUT2D eigenvalue weighted by molar-refractivity contribution is 0.126. The second kappa shape index (κ2) is 4.24. The molecule has 1 heterocycles. The van der Waals surface area contributed by atoms with Gasteiger partial charge in [0.2, 0.25) is 0 Å². The highest BCUT2D eigenvalue weighted by Gasteiger charge is 2.22. The standard InChI is InChI=1S/C10H22N2/c1-8(2)12(9(3)4)7-10-5-11-6-10/h8-11H,5-7H2,1-4H3. The van der Waals surface area contributed by atoms with Crippen molar-refractivity contribution in [2.45, 2.75) is 39.8 Å². The summed E-state index contributed by atoms with van der Waals surface area (Å²) < 4.78 is 0. The maximum atomic E-state index is 3.32. The first-order valence-electron chi connectivity index (χ1n) is 5.07. The van der Waals surface area contributed by atoms with Crippen molar-refractivity contribution in [1.82, 2.24) is 10.2 Å². The minimum absolute atomic E-state index is 0.686.